The smallest absolute Gasteiger partial charge is 0.320 e. The Morgan fingerprint density at radius 3 is 3.07 bits per heavy atom. The molecule has 0 bridgehead atoms. The maximum atomic E-state index is 10.8. The van der Waals surface area contributed by atoms with Crippen molar-refractivity contribution in [3.05, 3.63) is 12.2 Å². The number of hydrogen-bond donors (Lipinski definition) is 2. The highest BCUT2D eigenvalue weighted by Crippen LogP contribution is 1.97. The first-order valence-electron chi connectivity index (χ1n) is 4.95. The molecule has 1 rings (SSSR count). The summed E-state index contributed by atoms with van der Waals surface area (Å²) >= 11 is 0. The van der Waals surface area contributed by atoms with Crippen LogP contribution in [0.5, 0.6) is 0 Å². The Morgan fingerprint density at radius 1 is 1.73 bits per heavy atom. The van der Waals surface area contributed by atoms with Crippen LogP contribution in [-0.2, 0) is 11.2 Å². The molecule has 6 heteroatoms. The molecular formula is C9H15N3O3. The predicted octanol–water partition coefficient (Wildman–Crippen LogP) is 0.455. The molecule has 0 aliphatic carbocycles. The van der Waals surface area contributed by atoms with Crippen molar-refractivity contribution in [2.24, 2.45) is 0 Å². The minimum Gasteiger partial charge on any atom is -0.480 e. The van der Waals surface area contributed by atoms with E-state index in [1.807, 2.05) is 6.92 Å². The van der Waals surface area contributed by atoms with Crippen LogP contribution < -0.4 is 5.32 Å². The van der Waals surface area contributed by atoms with Crippen LogP contribution in [0.1, 0.15) is 25.7 Å². The summed E-state index contributed by atoms with van der Waals surface area (Å²) < 4.78 is 4.79. The van der Waals surface area contributed by atoms with E-state index in [4.69, 9.17) is 9.63 Å². The molecule has 0 aliphatic rings. The molecule has 0 saturated carbocycles. The lowest BCUT2D eigenvalue weighted by atomic mass is 10.1. The molecule has 15 heavy (non-hydrogen) atoms. The van der Waals surface area contributed by atoms with Crippen molar-refractivity contribution in [2.75, 3.05) is 6.54 Å². The maximum absolute atomic E-state index is 10.8. The minimum atomic E-state index is -0.817. The van der Waals surface area contributed by atoms with Crippen molar-refractivity contribution in [2.45, 2.75) is 32.2 Å². The summed E-state index contributed by atoms with van der Waals surface area (Å²) in [6, 6.07) is -0.488. The lowest BCUT2D eigenvalue weighted by molar-refractivity contribution is -0.139. The fourth-order valence-electron chi connectivity index (χ4n) is 1.26. The Labute approximate surface area is 87.7 Å². The van der Waals surface area contributed by atoms with E-state index >= 15 is 0 Å². The predicted molar refractivity (Wildman–Crippen MR) is 52.3 cm³/mol. The van der Waals surface area contributed by atoms with Crippen LogP contribution >= 0.6 is 0 Å². The molecule has 1 heterocycles. The molecule has 1 aromatic rings. The molecule has 0 fully saturated rings. The zero-order valence-corrected chi connectivity index (χ0v) is 8.64. The third-order valence-electron chi connectivity index (χ3n) is 2.01. The normalized spacial score (nSPS) is 12.6. The van der Waals surface area contributed by atoms with Gasteiger partial charge in [-0.3, -0.25) is 4.79 Å². The number of aromatic nitrogens is 2. The maximum Gasteiger partial charge on any atom is 0.320 e. The van der Waals surface area contributed by atoms with Gasteiger partial charge < -0.3 is 14.9 Å². The van der Waals surface area contributed by atoms with Crippen molar-refractivity contribution < 1.29 is 14.4 Å². The van der Waals surface area contributed by atoms with Gasteiger partial charge in [0, 0.05) is 13.0 Å². The van der Waals surface area contributed by atoms with Gasteiger partial charge in [-0.15, -0.1) is 0 Å². The summed E-state index contributed by atoms with van der Waals surface area (Å²) in [6.45, 7) is 2.48. The number of nitrogens with zero attached hydrogens (tertiary/aromatic N) is 2. The molecule has 0 spiro atoms. The molecule has 0 amide bonds. The lowest BCUT2D eigenvalue weighted by Gasteiger charge is -2.11. The highest BCUT2D eigenvalue weighted by atomic mass is 16.5. The fraction of sp³-hybridized carbons (Fsp3) is 0.667. The first-order chi connectivity index (χ1) is 7.24. The summed E-state index contributed by atoms with van der Waals surface area (Å²) in [5.41, 5.74) is 0. The Hall–Kier alpha value is -1.43. The highest BCUT2D eigenvalue weighted by Gasteiger charge is 2.15. The average Bonchev–Trinajstić information content (AvgIpc) is 2.69. The van der Waals surface area contributed by atoms with Gasteiger partial charge in [0.05, 0.1) is 0 Å². The molecule has 1 aromatic heterocycles. The first kappa shape index (κ1) is 11.6. The zero-order valence-electron chi connectivity index (χ0n) is 8.64. The molecule has 84 valence electrons. The van der Waals surface area contributed by atoms with Crippen molar-refractivity contribution in [1.29, 1.82) is 0 Å². The number of rotatable bonds is 7. The summed E-state index contributed by atoms with van der Waals surface area (Å²) in [7, 11) is 0. The van der Waals surface area contributed by atoms with Crippen LogP contribution in [0.15, 0.2) is 10.9 Å². The van der Waals surface area contributed by atoms with E-state index in [1.54, 1.807) is 0 Å². The van der Waals surface area contributed by atoms with E-state index in [1.165, 1.54) is 6.33 Å². The highest BCUT2D eigenvalue weighted by molar-refractivity contribution is 5.73. The number of carboxylic acid groups (broad SMARTS) is 1. The molecule has 0 aromatic carbocycles. The zero-order chi connectivity index (χ0) is 11.1. The molecule has 1 atom stereocenters. The van der Waals surface area contributed by atoms with E-state index < -0.39 is 12.0 Å². The van der Waals surface area contributed by atoms with Crippen molar-refractivity contribution in [1.82, 2.24) is 15.5 Å². The second-order valence-corrected chi connectivity index (χ2v) is 3.22. The van der Waals surface area contributed by atoms with Crippen molar-refractivity contribution in [3.63, 3.8) is 0 Å². The van der Waals surface area contributed by atoms with E-state index in [0.29, 0.717) is 25.3 Å². The van der Waals surface area contributed by atoms with Crippen molar-refractivity contribution in [3.8, 4) is 0 Å². The number of carbonyl (C=O) groups is 1. The molecule has 2 N–H and O–H groups in total. The van der Waals surface area contributed by atoms with E-state index in [0.717, 1.165) is 6.42 Å². The van der Waals surface area contributed by atoms with Crippen LogP contribution in [0.4, 0.5) is 0 Å². The van der Waals surface area contributed by atoms with Crippen LogP contribution in [0.3, 0.4) is 0 Å². The topological polar surface area (TPSA) is 88.3 Å². The van der Waals surface area contributed by atoms with Gasteiger partial charge >= 0.3 is 5.97 Å². The van der Waals surface area contributed by atoms with Crippen LogP contribution in [0.2, 0.25) is 0 Å². The second-order valence-electron chi connectivity index (χ2n) is 3.22. The molecule has 0 radical (unpaired) electrons. The monoisotopic (exact) mass is 213 g/mol. The largest absolute Gasteiger partial charge is 0.480 e. The van der Waals surface area contributed by atoms with Gasteiger partial charge in [0.1, 0.15) is 6.04 Å². The van der Waals surface area contributed by atoms with Crippen molar-refractivity contribution >= 4 is 5.97 Å². The number of aliphatic carboxylic acids is 1. The van der Waals surface area contributed by atoms with Crippen LogP contribution in [0, 0.1) is 0 Å². The van der Waals surface area contributed by atoms with Gasteiger partial charge in [0.15, 0.2) is 6.33 Å². The number of hydrogen-bond acceptors (Lipinski definition) is 5. The standard InChI is InChI=1S/C9H15N3O3/c1-2-3-7(9(13)14)10-5-4-8-11-6-12-15-8/h6-7,10H,2-5H2,1H3,(H,13,14). The van der Waals surface area contributed by atoms with Gasteiger partial charge in [-0.1, -0.05) is 18.5 Å². The quantitative estimate of drug-likeness (QED) is 0.683. The van der Waals surface area contributed by atoms with E-state index in [9.17, 15) is 4.79 Å². The molecular weight excluding hydrogens is 198 g/mol. The first-order valence-corrected chi connectivity index (χ1v) is 4.95. The van der Waals surface area contributed by atoms with Crippen LogP contribution in [-0.4, -0.2) is 33.8 Å². The second kappa shape index (κ2) is 6.13. The Morgan fingerprint density at radius 2 is 2.53 bits per heavy atom. The summed E-state index contributed by atoms with van der Waals surface area (Å²) in [5, 5.41) is 15.2. The number of carboxylic acids is 1. The molecule has 0 aliphatic heterocycles. The SMILES string of the molecule is CCCC(NCCc1ncno1)C(=O)O. The Kier molecular flexibility index (Phi) is 4.76. The van der Waals surface area contributed by atoms with Gasteiger partial charge in [-0.25, -0.2) is 0 Å². The van der Waals surface area contributed by atoms with Gasteiger partial charge in [-0.2, -0.15) is 4.98 Å². The summed E-state index contributed by atoms with van der Waals surface area (Å²) in [6.07, 6.45) is 3.34. The third-order valence-corrected chi connectivity index (χ3v) is 2.01. The molecule has 1 unspecified atom stereocenters. The van der Waals surface area contributed by atoms with Gasteiger partial charge in [0.2, 0.25) is 5.89 Å². The molecule has 6 nitrogen and oxygen atoms in total. The minimum absolute atomic E-state index is 0.488. The van der Waals surface area contributed by atoms with Gasteiger partial charge in [0.25, 0.3) is 0 Å². The average molecular weight is 213 g/mol. The summed E-state index contributed by atoms with van der Waals surface area (Å²) in [5.74, 6) is -0.300. The third kappa shape index (κ3) is 4.07. The Bertz CT molecular complexity index is 287. The summed E-state index contributed by atoms with van der Waals surface area (Å²) in [4.78, 5) is 14.6. The van der Waals surface area contributed by atoms with E-state index in [2.05, 4.69) is 15.5 Å². The van der Waals surface area contributed by atoms with Gasteiger partial charge in [-0.05, 0) is 6.42 Å². The van der Waals surface area contributed by atoms with Crippen LogP contribution in [0.25, 0.3) is 0 Å². The van der Waals surface area contributed by atoms with E-state index in [-0.39, 0.29) is 0 Å². The fourth-order valence-corrected chi connectivity index (χ4v) is 1.26. The number of nitrogens with one attached hydrogen (secondary N) is 1. The Balaban J connectivity index is 2.25. The molecule has 0 saturated heterocycles. The lowest BCUT2D eigenvalue weighted by Crippen LogP contribution is -2.37.